The van der Waals surface area contributed by atoms with Crippen molar-refractivity contribution in [3.63, 3.8) is 0 Å². The molecule has 0 spiro atoms. The van der Waals surface area contributed by atoms with Crippen molar-refractivity contribution >= 4 is 5.91 Å². The number of amides is 1. The Hall–Kier alpha value is -3.68. The van der Waals surface area contributed by atoms with Crippen molar-refractivity contribution < 1.29 is 9.53 Å². The van der Waals surface area contributed by atoms with E-state index in [9.17, 15) is 14.4 Å². The molecule has 0 unspecified atom stereocenters. The van der Waals surface area contributed by atoms with E-state index >= 15 is 0 Å². The minimum Gasteiger partial charge on any atom is -0.497 e. The van der Waals surface area contributed by atoms with Crippen molar-refractivity contribution in [2.75, 3.05) is 14.2 Å². The summed E-state index contributed by atoms with van der Waals surface area (Å²) < 4.78 is 7.54. The highest BCUT2D eigenvalue weighted by molar-refractivity contribution is 5.91. The molecule has 0 radical (unpaired) electrons. The maximum Gasteiger partial charge on any atom is 0.352 e. The zero-order valence-electron chi connectivity index (χ0n) is 20.8. The normalized spacial score (nSPS) is 14.1. The van der Waals surface area contributed by atoms with Crippen molar-refractivity contribution in [2.45, 2.75) is 58.5 Å². The van der Waals surface area contributed by atoms with Crippen LogP contribution >= 0.6 is 0 Å². The number of carbonyl (C=O) groups excluding carboxylic acids is 1. The number of rotatable bonds is 6. The van der Waals surface area contributed by atoms with E-state index in [4.69, 9.17) is 4.74 Å². The highest BCUT2D eigenvalue weighted by atomic mass is 16.5. The van der Waals surface area contributed by atoms with Crippen LogP contribution < -0.4 is 16.0 Å². The molecule has 1 saturated carbocycles. The van der Waals surface area contributed by atoms with E-state index in [-0.39, 0.29) is 18.3 Å². The smallest absolute Gasteiger partial charge is 0.352 e. The lowest BCUT2D eigenvalue weighted by atomic mass is 9.94. The van der Waals surface area contributed by atoms with E-state index in [1.54, 1.807) is 37.3 Å². The predicted molar refractivity (Wildman–Crippen MR) is 135 cm³/mol. The van der Waals surface area contributed by atoms with Gasteiger partial charge in [-0.25, -0.2) is 4.79 Å². The van der Waals surface area contributed by atoms with Crippen molar-refractivity contribution in [1.82, 2.24) is 19.2 Å². The Bertz CT molecular complexity index is 1330. The van der Waals surface area contributed by atoms with Crippen molar-refractivity contribution in [2.24, 2.45) is 0 Å². The molecule has 0 atom stereocenters. The molecule has 2 aromatic carbocycles. The number of methoxy groups -OCH3 is 1. The number of hydrogen-bond donors (Lipinski definition) is 0. The molecule has 0 bridgehead atoms. The highest BCUT2D eigenvalue weighted by Gasteiger charge is 2.28. The molecule has 3 aromatic rings. The summed E-state index contributed by atoms with van der Waals surface area (Å²) >= 11 is 0. The van der Waals surface area contributed by atoms with Gasteiger partial charge < -0.3 is 9.64 Å². The molecular weight excluding hydrogens is 444 g/mol. The molecule has 8 heteroatoms. The Kier molecular flexibility index (Phi) is 7.19. The molecule has 1 fully saturated rings. The van der Waals surface area contributed by atoms with Crippen LogP contribution in [0.4, 0.5) is 0 Å². The number of aromatic nitrogens is 3. The third kappa shape index (κ3) is 5.21. The van der Waals surface area contributed by atoms with Crippen molar-refractivity contribution in [3.05, 3.63) is 85.7 Å². The Morgan fingerprint density at radius 3 is 2.40 bits per heavy atom. The summed E-state index contributed by atoms with van der Waals surface area (Å²) in [5, 5.41) is 4.33. The van der Waals surface area contributed by atoms with Crippen LogP contribution in [0, 0.1) is 13.8 Å². The molecule has 8 nitrogen and oxygen atoms in total. The second kappa shape index (κ2) is 10.3. The quantitative estimate of drug-likeness (QED) is 0.544. The summed E-state index contributed by atoms with van der Waals surface area (Å²) in [5.41, 5.74) is 1.59. The van der Waals surface area contributed by atoms with Crippen LogP contribution in [0.15, 0.2) is 52.1 Å². The van der Waals surface area contributed by atoms with Crippen LogP contribution in [0.5, 0.6) is 5.75 Å². The fraction of sp³-hybridized carbons (Fsp3) is 0.407. The molecule has 4 rings (SSSR count). The summed E-state index contributed by atoms with van der Waals surface area (Å²) in [6.45, 7) is 3.85. The van der Waals surface area contributed by atoms with Crippen LogP contribution in [-0.2, 0) is 6.54 Å². The second-order valence-corrected chi connectivity index (χ2v) is 9.34. The lowest BCUT2D eigenvalue weighted by molar-refractivity contribution is 0.0684. The summed E-state index contributed by atoms with van der Waals surface area (Å²) in [5.74, 6) is 0.159. The van der Waals surface area contributed by atoms with Gasteiger partial charge in [-0.1, -0.05) is 37.5 Å². The minimum atomic E-state index is -0.689. The van der Waals surface area contributed by atoms with Crippen molar-refractivity contribution in [1.29, 1.82) is 0 Å². The van der Waals surface area contributed by atoms with E-state index in [0.29, 0.717) is 17.0 Å². The van der Waals surface area contributed by atoms with Crippen LogP contribution in [0.1, 0.15) is 59.3 Å². The Labute approximate surface area is 204 Å². The molecule has 0 N–H and O–H groups in total. The van der Waals surface area contributed by atoms with Gasteiger partial charge >= 0.3 is 5.69 Å². The zero-order chi connectivity index (χ0) is 25.1. The maximum absolute atomic E-state index is 13.5. The Morgan fingerprint density at radius 2 is 1.74 bits per heavy atom. The zero-order valence-corrected chi connectivity index (χ0v) is 20.8. The molecular formula is C27H32N4O4. The first-order valence-electron chi connectivity index (χ1n) is 12.0. The van der Waals surface area contributed by atoms with E-state index in [0.717, 1.165) is 47.8 Å². The van der Waals surface area contributed by atoms with Gasteiger partial charge in [0, 0.05) is 13.1 Å². The lowest BCUT2D eigenvalue weighted by Gasteiger charge is -2.30. The van der Waals surface area contributed by atoms with Crippen LogP contribution in [0.2, 0.25) is 0 Å². The largest absolute Gasteiger partial charge is 0.497 e. The van der Waals surface area contributed by atoms with Gasteiger partial charge in [0.1, 0.15) is 5.75 Å². The van der Waals surface area contributed by atoms with Gasteiger partial charge in [0.25, 0.3) is 11.5 Å². The van der Waals surface area contributed by atoms with Crippen LogP contribution in [-0.4, -0.2) is 45.4 Å². The molecule has 35 heavy (non-hydrogen) atoms. The number of carbonyl (C=O) groups is 1. The molecule has 1 aliphatic carbocycles. The number of benzene rings is 2. The SMILES string of the molecule is COc1cccc(Cn2c(=O)c(C(=O)N(C)C3CCCCC3)nn(-c3cc(C)cc(C)c3)c2=O)c1. The fourth-order valence-corrected chi connectivity index (χ4v) is 4.78. The van der Waals surface area contributed by atoms with Gasteiger partial charge in [0.15, 0.2) is 0 Å². The standard InChI is InChI=1S/C27H32N4O4/c1-18-13-19(2)15-22(14-18)31-27(34)30(17-20-9-8-12-23(16-20)35-4)26(33)24(28-31)25(32)29(3)21-10-6-5-7-11-21/h8-9,12-16,21H,5-7,10-11,17H2,1-4H3. The number of ether oxygens (including phenoxy) is 1. The van der Waals surface area contributed by atoms with E-state index in [1.807, 2.05) is 38.1 Å². The topological polar surface area (TPSA) is 86.4 Å². The highest BCUT2D eigenvalue weighted by Crippen LogP contribution is 2.22. The average Bonchev–Trinajstić information content (AvgIpc) is 2.86. The third-order valence-corrected chi connectivity index (χ3v) is 6.63. The Morgan fingerprint density at radius 1 is 1.06 bits per heavy atom. The lowest BCUT2D eigenvalue weighted by Crippen LogP contribution is -2.48. The van der Waals surface area contributed by atoms with Gasteiger partial charge in [-0.2, -0.15) is 9.78 Å². The monoisotopic (exact) mass is 476 g/mol. The van der Waals surface area contributed by atoms with E-state index < -0.39 is 17.2 Å². The van der Waals surface area contributed by atoms with E-state index in [1.165, 1.54) is 4.68 Å². The molecule has 1 heterocycles. The average molecular weight is 477 g/mol. The predicted octanol–water partition coefficient (Wildman–Crippen LogP) is 3.47. The number of hydrogen-bond acceptors (Lipinski definition) is 5. The fourth-order valence-electron chi connectivity index (χ4n) is 4.78. The first-order valence-corrected chi connectivity index (χ1v) is 12.0. The molecule has 1 aliphatic rings. The first kappa shape index (κ1) is 24.4. The number of aryl methyl sites for hydroxylation is 2. The minimum absolute atomic E-state index is 0.00436. The Balaban J connectivity index is 1.86. The molecule has 1 amide bonds. The molecule has 0 saturated heterocycles. The van der Waals surface area contributed by atoms with E-state index in [2.05, 4.69) is 5.10 Å². The van der Waals surface area contributed by atoms with Gasteiger partial charge in [-0.15, -0.1) is 0 Å². The third-order valence-electron chi connectivity index (χ3n) is 6.63. The van der Waals surface area contributed by atoms with Gasteiger partial charge in [0.05, 0.1) is 19.3 Å². The molecule has 0 aliphatic heterocycles. The summed E-state index contributed by atoms with van der Waals surface area (Å²) in [7, 11) is 3.28. The molecule has 1 aromatic heterocycles. The molecule has 184 valence electrons. The summed E-state index contributed by atoms with van der Waals surface area (Å²) in [6.07, 6.45) is 5.06. The summed E-state index contributed by atoms with van der Waals surface area (Å²) in [4.78, 5) is 42.2. The van der Waals surface area contributed by atoms with Gasteiger partial charge in [-0.3, -0.25) is 14.2 Å². The summed E-state index contributed by atoms with van der Waals surface area (Å²) in [6, 6.07) is 12.9. The van der Waals surface area contributed by atoms with Gasteiger partial charge in [0.2, 0.25) is 5.69 Å². The maximum atomic E-state index is 13.5. The van der Waals surface area contributed by atoms with Crippen LogP contribution in [0.25, 0.3) is 5.69 Å². The second-order valence-electron chi connectivity index (χ2n) is 9.34. The first-order chi connectivity index (χ1) is 16.8. The van der Waals surface area contributed by atoms with Crippen molar-refractivity contribution in [3.8, 4) is 11.4 Å². The van der Waals surface area contributed by atoms with Gasteiger partial charge in [-0.05, 0) is 67.6 Å². The van der Waals surface area contributed by atoms with Crippen LogP contribution in [0.3, 0.4) is 0 Å². The number of nitrogens with zero attached hydrogens (tertiary/aromatic N) is 4.